The molecule has 18 heavy (non-hydrogen) atoms. The summed E-state index contributed by atoms with van der Waals surface area (Å²) in [6, 6.07) is 7.97. The molecule has 4 heteroatoms. The second kappa shape index (κ2) is 5.60. The van der Waals surface area contributed by atoms with Crippen LogP contribution in [-0.2, 0) is 6.54 Å². The van der Waals surface area contributed by atoms with Gasteiger partial charge in [0, 0.05) is 18.9 Å². The zero-order valence-corrected chi connectivity index (χ0v) is 10.6. The van der Waals surface area contributed by atoms with Gasteiger partial charge in [0.2, 0.25) is 5.88 Å². The third-order valence-corrected chi connectivity index (χ3v) is 2.67. The van der Waals surface area contributed by atoms with Crippen LogP contribution in [0.4, 0.5) is 0 Å². The van der Waals surface area contributed by atoms with Crippen LogP contribution in [0, 0.1) is 0 Å². The second-order valence-corrected chi connectivity index (χ2v) is 4.34. The monoisotopic (exact) mass is 243 g/mol. The number of ether oxygens (including phenoxy) is 1. The molecule has 0 aliphatic rings. The van der Waals surface area contributed by atoms with Gasteiger partial charge in [-0.3, -0.25) is 4.98 Å². The lowest BCUT2D eigenvalue weighted by Gasteiger charge is -2.10. The standard InChI is InChI=1S/C14H17N3O/c1-10(2)11-4-3-5-12(8-11)18-14-13(9-15)16-6-7-17-14/h3-8,10H,9,15H2,1-2H3. The van der Waals surface area contributed by atoms with Crippen molar-refractivity contribution < 1.29 is 4.74 Å². The Balaban J connectivity index is 2.25. The van der Waals surface area contributed by atoms with Gasteiger partial charge in [-0.2, -0.15) is 0 Å². The minimum atomic E-state index is 0.313. The van der Waals surface area contributed by atoms with E-state index in [-0.39, 0.29) is 0 Å². The van der Waals surface area contributed by atoms with Gasteiger partial charge in [0.05, 0.1) is 0 Å². The first-order chi connectivity index (χ1) is 8.70. The zero-order chi connectivity index (χ0) is 13.0. The maximum atomic E-state index is 5.74. The number of rotatable bonds is 4. The topological polar surface area (TPSA) is 61.0 Å². The van der Waals surface area contributed by atoms with Crippen molar-refractivity contribution in [2.24, 2.45) is 5.73 Å². The first-order valence-electron chi connectivity index (χ1n) is 5.98. The maximum Gasteiger partial charge on any atom is 0.242 e. The fourth-order valence-corrected chi connectivity index (χ4v) is 1.63. The highest BCUT2D eigenvalue weighted by Gasteiger charge is 2.07. The maximum absolute atomic E-state index is 5.74. The van der Waals surface area contributed by atoms with Crippen molar-refractivity contribution in [1.82, 2.24) is 9.97 Å². The molecule has 0 aliphatic heterocycles. The molecule has 1 aromatic heterocycles. The van der Waals surface area contributed by atoms with E-state index < -0.39 is 0 Å². The number of benzene rings is 1. The Morgan fingerprint density at radius 2 is 2.00 bits per heavy atom. The average Bonchev–Trinajstić information content (AvgIpc) is 2.39. The van der Waals surface area contributed by atoms with Crippen molar-refractivity contribution in [2.45, 2.75) is 26.3 Å². The molecule has 0 aliphatic carbocycles. The molecule has 2 N–H and O–H groups in total. The van der Waals surface area contributed by atoms with Gasteiger partial charge in [-0.25, -0.2) is 4.98 Å². The van der Waals surface area contributed by atoms with E-state index in [1.807, 2.05) is 18.2 Å². The molecule has 1 aromatic carbocycles. The minimum Gasteiger partial charge on any atom is -0.437 e. The SMILES string of the molecule is CC(C)c1cccc(Oc2nccnc2CN)c1. The molecule has 0 unspecified atom stereocenters. The van der Waals surface area contributed by atoms with Crippen molar-refractivity contribution in [1.29, 1.82) is 0 Å². The van der Waals surface area contributed by atoms with Crippen molar-refractivity contribution in [3.05, 3.63) is 47.9 Å². The number of hydrogen-bond donors (Lipinski definition) is 1. The Kier molecular flexibility index (Phi) is 3.89. The Morgan fingerprint density at radius 1 is 1.22 bits per heavy atom. The van der Waals surface area contributed by atoms with Gasteiger partial charge in [0.25, 0.3) is 0 Å². The molecule has 1 heterocycles. The van der Waals surface area contributed by atoms with E-state index in [1.54, 1.807) is 12.4 Å². The third kappa shape index (κ3) is 2.84. The Labute approximate surface area is 107 Å². The molecule has 0 bridgehead atoms. The predicted molar refractivity (Wildman–Crippen MR) is 70.5 cm³/mol. The van der Waals surface area contributed by atoms with Crippen LogP contribution in [0.25, 0.3) is 0 Å². The second-order valence-electron chi connectivity index (χ2n) is 4.34. The molecule has 0 atom stereocenters. The van der Waals surface area contributed by atoms with Gasteiger partial charge >= 0.3 is 0 Å². The number of nitrogens with two attached hydrogens (primary N) is 1. The summed E-state index contributed by atoms with van der Waals surface area (Å²) in [6.07, 6.45) is 3.21. The van der Waals surface area contributed by atoms with E-state index in [2.05, 4.69) is 29.9 Å². The summed E-state index contributed by atoms with van der Waals surface area (Å²) in [4.78, 5) is 8.29. The third-order valence-electron chi connectivity index (χ3n) is 2.67. The number of aromatic nitrogens is 2. The van der Waals surface area contributed by atoms with Crippen molar-refractivity contribution >= 4 is 0 Å². The summed E-state index contributed by atoms with van der Waals surface area (Å²) in [5.74, 6) is 1.70. The molecule has 0 amide bonds. The molecular formula is C14H17N3O. The zero-order valence-electron chi connectivity index (χ0n) is 10.6. The fourth-order valence-electron chi connectivity index (χ4n) is 1.63. The van der Waals surface area contributed by atoms with Gasteiger partial charge in [-0.05, 0) is 23.6 Å². The molecule has 4 nitrogen and oxygen atoms in total. The Bertz CT molecular complexity index is 526. The average molecular weight is 243 g/mol. The summed E-state index contributed by atoms with van der Waals surface area (Å²) in [7, 11) is 0. The van der Waals surface area contributed by atoms with Crippen LogP contribution in [-0.4, -0.2) is 9.97 Å². The Morgan fingerprint density at radius 3 is 2.72 bits per heavy atom. The first-order valence-corrected chi connectivity index (χ1v) is 5.98. The highest BCUT2D eigenvalue weighted by molar-refractivity contribution is 5.33. The van der Waals surface area contributed by atoms with Gasteiger partial charge < -0.3 is 10.5 Å². The van der Waals surface area contributed by atoms with Crippen LogP contribution in [0.1, 0.15) is 31.0 Å². The lowest BCUT2D eigenvalue weighted by atomic mass is 10.0. The van der Waals surface area contributed by atoms with Gasteiger partial charge in [-0.1, -0.05) is 26.0 Å². The number of nitrogens with zero attached hydrogens (tertiary/aromatic N) is 2. The largest absolute Gasteiger partial charge is 0.437 e. The predicted octanol–water partition coefficient (Wildman–Crippen LogP) is 2.85. The van der Waals surface area contributed by atoms with Crippen LogP contribution in [0.2, 0.25) is 0 Å². The first kappa shape index (κ1) is 12.5. The molecule has 2 aromatic rings. The summed E-state index contributed by atoms with van der Waals surface area (Å²) in [5, 5.41) is 0. The molecule has 0 saturated carbocycles. The van der Waals surface area contributed by atoms with E-state index in [1.165, 1.54) is 5.56 Å². The van der Waals surface area contributed by atoms with Crippen LogP contribution in [0.3, 0.4) is 0 Å². The van der Waals surface area contributed by atoms with Crippen molar-refractivity contribution in [3.8, 4) is 11.6 Å². The van der Waals surface area contributed by atoms with Gasteiger partial charge in [0.15, 0.2) is 0 Å². The molecule has 0 radical (unpaired) electrons. The fraction of sp³-hybridized carbons (Fsp3) is 0.286. The van der Waals surface area contributed by atoms with Gasteiger partial charge in [0.1, 0.15) is 11.4 Å². The van der Waals surface area contributed by atoms with Crippen molar-refractivity contribution in [3.63, 3.8) is 0 Å². The van der Waals surface area contributed by atoms with E-state index in [0.29, 0.717) is 24.0 Å². The lowest BCUT2D eigenvalue weighted by molar-refractivity contribution is 0.451. The molecular weight excluding hydrogens is 226 g/mol. The highest BCUT2D eigenvalue weighted by Crippen LogP contribution is 2.25. The molecule has 0 fully saturated rings. The normalized spacial score (nSPS) is 10.7. The molecule has 0 spiro atoms. The van der Waals surface area contributed by atoms with E-state index in [0.717, 1.165) is 5.75 Å². The summed E-state index contributed by atoms with van der Waals surface area (Å²) in [6.45, 7) is 4.60. The molecule has 2 rings (SSSR count). The summed E-state index contributed by atoms with van der Waals surface area (Å²) in [5.41, 5.74) is 7.49. The van der Waals surface area contributed by atoms with E-state index in [4.69, 9.17) is 10.5 Å². The van der Waals surface area contributed by atoms with Crippen molar-refractivity contribution in [2.75, 3.05) is 0 Å². The summed E-state index contributed by atoms with van der Waals surface area (Å²) >= 11 is 0. The number of hydrogen-bond acceptors (Lipinski definition) is 4. The Hall–Kier alpha value is -1.94. The lowest BCUT2D eigenvalue weighted by Crippen LogP contribution is -2.03. The molecule has 0 saturated heterocycles. The van der Waals surface area contributed by atoms with E-state index in [9.17, 15) is 0 Å². The van der Waals surface area contributed by atoms with Gasteiger partial charge in [-0.15, -0.1) is 0 Å². The smallest absolute Gasteiger partial charge is 0.242 e. The highest BCUT2D eigenvalue weighted by atomic mass is 16.5. The van der Waals surface area contributed by atoms with Crippen LogP contribution >= 0.6 is 0 Å². The quantitative estimate of drug-likeness (QED) is 0.897. The van der Waals surface area contributed by atoms with Crippen LogP contribution in [0.5, 0.6) is 11.6 Å². The summed E-state index contributed by atoms with van der Waals surface area (Å²) < 4.78 is 5.74. The van der Waals surface area contributed by atoms with Crippen LogP contribution < -0.4 is 10.5 Å². The van der Waals surface area contributed by atoms with Crippen LogP contribution in [0.15, 0.2) is 36.7 Å². The minimum absolute atomic E-state index is 0.313. The molecule has 94 valence electrons. The van der Waals surface area contributed by atoms with E-state index >= 15 is 0 Å².